The highest BCUT2D eigenvalue weighted by molar-refractivity contribution is 6.07. The van der Waals surface area contributed by atoms with Gasteiger partial charge in [-0.05, 0) is 100 Å². The summed E-state index contributed by atoms with van der Waals surface area (Å²) in [5, 5.41) is 4.91. The lowest BCUT2D eigenvalue weighted by atomic mass is 9.67. The molecule has 1 heterocycles. The SMILES string of the molecule is CC1(C)c2c(cccc2-c2ccc(-c3nc(-c4ccccc4)cc(-c4cccc5c4-c4ccccc4C5(c4ccccc4)c4ccccc4)n3)c3ccccc23)-c2ccc3ccccc3c21. The van der Waals surface area contributed by atoms with Gasteiger partial charge in [0, 0.05) is 22.1 Å². The van der Waals surface area contributed by atoms with Gasteiger partial charge in [-0.2, -0.15) is 0 Å². The second kappa shape index (κ2) is 14.7. The molecule has 0 radical (unpaired) electrons. The van der Waals surface area contributed by atoms with Gasteiger partial charge in [-0.25, -0.2) is 9.97 Å². The van der Waals surface area contributed by atoms with E-state index in [-0.39, 0.29) is 5.41 Å². The minimum atomic E-state index is -0.519. The van der Waals surface area contributed by atoms with Crippen molar-refractivity contribution in [1.29, 1.82) is 0 Å². The summed E-state index contributed by atoms with van der Waals surface area (Å²) in [6.45, 7) is 4.80. The molecule has 66 heavy (non-hydrogen) atoms. The molecule has 0 N–H and O–H groups in total. The van der Waals surface area contributed by atoms with Crippen LogP contribution in [0.4, 0.5) is 0 Å². The van der Waals surface area contributed by atoms with E-state index in [4.69, 9.17) is 9.97 Å². The molecule has 1 aromatic heterocycles. The first-order chi connectivity index (χ1) is 32.5. The van der Waals surface area contributed by atoms with Gasteiger partial charge in [-0.15, -0.1) is 0 Å². The van der Waals surface area contributed by atoms with Gasteiger partial charge in [0.05, 0.1) is 16.8 Å². The highest BCUT2D eigenvalue weighted by Crippen LogP contribution is 2.59. The predicted molar refractivity (Wildman–Crippen MR) is 274 cm³/mol. The second-order valence-electron chi connectivity index (χ2n) is 18.4. The normalized spacial score (nSPS) is 13.8. The molecule has 0 amide bonds. The number of fused-ring (bicyclic) bond motifs is 9. The molecular weight excluding hydrogens is 797 g/mol. The van der Waals surface area contributed by atoms with E-state index in [1.807, 2.05) is 0 Å². The standard InChI is InChI=1S/C64H44N2/c1-63(2)60-45-27-13-12-20-41(45)36-37-51(60)50-32-18-31-49(61(50)63)48-38-39-52(47-29-15-14-28-46(47)48)62-65-57(42-21-6-3-7-22-42)40-58(66-62)54-33-19-35-56-59(54)53-30-16-17-34-55(53)64(56,43-23-8-4-9-24-43)44-25-10-5-11-26-44/h3-40H,1-2H3. The van der Waals surface area contributed by atoms with Crippen LogP contribution in [-0.4, -0.2) is 9.97 Å². The molecule has 0 spiro atoms. The summed E-state index contributed by atoms with van der Waals surface area (Å²) in [6, 6.07) is 84.2. The Morgan fingerprint density at radius 3 is 1.58 bits per heavy atom. The maximum atomic E-state index is 5.62. The lowest BCUT2D eigenvalue weighted by molar-refractivity contribution is 0.668. The van der Waals surface area contributed by atoms with Crippen molar-refractivity contribution in [2.24, 2.45) is 0 Å². The van der Waals surface area contributed by atoms with E-state index < -0.39 is 5.41 Å². The molecule has 13 rings (SSSR count). The Hall–Kier alpha value is -8.20. The molecule has 0 saturated carbocycles. The predicted octanol–water partition coefficient (Wildman–Crippen LogP) is 16.1. The van der Waals surface area contributed by atoms with Crippen molar-refractivity contribution in [1.82, 2.24) is 9.97 Å². The smallest absolute Gasteiger partial charge is 0.161 e. The maximum Gasteiger partial charge on any atom is 0.161 e. The Kier molecular flexibility index (Phi) is 8.51. The maximum absolute atomic E-state index is 5.62. The van der Waals surface area contributed by atoms with E-state index in [1.54, 1.807) is 0 Å². The van der Waals surface area contributed by atoms with Crippen LogP contribution in [0, 0.1) is 0 Å². The van der Waals surface area contributed by atoms with Crippen molar-refractivity contribution in [2.45, 2.75) is 24.7 Å². The van der Waals surface area contributed by atoms with E-state index in [9.17, 15) is 0 Å². The second-order valence-corrected chi connectivity index (χ2v) is 18.4. The van der Waals surface area contributed by atoms with Crippen LogP contribution >= 0.6 is 0 Å². The van der Waals surface area contributed by atoms with Crippen molar-refractivity contribution in [2.75, 3.05) is 0 Å². The van der Waals surface area contributed by atoms with Crippen LogP contribution < -0.4 is 0 Å². The fourth-order valence-electron chi connectivity index (χ4n) is 11.9. The third-order valence-corrected chi connectivity index (χ3v) is 14.5. The Bertz CT molecular complexity index is 3680. The molecule has 310 valence electrons. The van der Waals surface area contributed by atoms with Crippen LogP contribution in [0.5, 0.6) is 0 Å². The number of hydrogen-bond acceptors (Lipinski definition) is 2. The largest absolute Gasteiger partial charge is 0.228 e. The van der Waals surface area contributed by atoms with Crippen LogP contribution in [0.25, 0.3) is 88.8 Å². The first kappa shape index (κ1) is 38.3. The van der Waals surface area contributed by atoms with Gasteiger partial charge in [0.25, 0.3) is 0 Å². The fourth-order valence-corrected chi connectivity index (χ4v) is 11.9. The average Bonchev–Trinajstić information content (AvgIpc) is 3.82. The Balaban J connectivity index is 1.03. The van der Waals surface area contributed by atoms with Crippen LogP contribution in [0.15, 0.2) is 231 Å². The number of nitrogens with zero attached hydrogens (tertiary/aromatic N) is 2. The average molecular weight is 841 g/mol. The fraction of sp³-hybridized carbons (Fsp3) is 0.0625. The van der Waals surface area contributed by atoms with Gasteiger partial charge in [0.15, 0.2) is 5.82 Å². The molecule has 11 aromatic rings. The number of hydrogen-bond donors (Lipinski definition) is 0. The number of benzene rings is 10. The van der Waals surface area contributed by atoms with Gasteiger partial charge in [0.1, 0.15) is 0 Å². The Labute approximate surface area is 385 Å². The van der Waals surface area contributed by atoms with E-state index >= 15 is 0 Å². The molecule has 0 bridgehead atoms. The minimum absolute atomic E-state index is 0.211. The highest BCUT2D eigenvalue weighted by Gasteiger charge is 2.47. The summed E-state index contributed by atoms with van der Waals surface area (Å²) >= 11 is 0. The molecule has 2 nitrogen and oxygen atoms in total. The first-order valence-electron chi connectivity index (χ1n) is 23.0. The van der Waals surface area contributed by atoms with Crippen molar-refractivity contribution in [3.8, 4) is 67.3 Å². The quantitative estimate of drug-likeness (QED) is 0.167. The molecule has 2 aliphatic rings. The third-order valence-electron chi connectivity index (χ3n) is 14.5. The van der Waals surface area contributed by atoms with E-state index in [1.165, 1.54) is 82.9 Å². The molecule has 0 unspecified atom stereocenters. The summed E-state index contributed by atoms with van der Waals surface area (Å²) in [5.41, 5.74) is 19.5. The molecular formula is C64H44N2. The topological polar surface area (TPSA) is 25.8 Å². The summed E-state index contributed by atoms with van der Waals surface area (Å²) in [4.78, 5) is 11.1. The van der Waals surface area contributed by atoms with Gasteiger partial charge < -0.3 is 0 Å². The molecule has 0 saturated heterocycles. The number of rotatable bonds is 6. The summed E-state index contributed by atoms with van der Waals surface area (Å²) in [7, 11) is 0. The molecule has 0 aliphatic heterocycles. The van der Waals surface area contributed by atoms with Gasteiger partial charge in [-0.3, -0.25) is 0 Å². The van der Waals surface area contributed by atoms with Gasteiger partial charge >= 0.3 is 0 Å². The summed E-state index contributed by atoms with van der Waals surface area (Å²) < 4.78 is 0. The molecule has 2 aliphatic carbocycles. The van der Waals surface area contributed by atoms with Crippen molar-refractivity contribution in [3.05, 3.63) is 264 Å². The lowest BCUT2D eigenvalue weighted by Crippen LogP contribution is -2.28. The van der Waals surface area contributed by atoms with E-state index in [2.05, 4.69) is 244 Å². The van der Waals surface area contributed by atoms with Gasteiger partial charge in [-0.1, -0.05) is 232 Å². The Morgan fingerprint density at radius 2 is 0.833 bits per heavy atom. The zero-order valence-corrected chi connectivity index (χ0v) is 36.8. The van der Waals surface area contributed by atoms with Crippen LogP contribution in [0.2, 0.25) is 0 Å². The lowest BCUT2D eigenvalue weighted by Gasteiger charge is -2.33. The Morgan fingerprint density at radius 1 is 0.333 bits per heavy atom. The van der Waals surface area contributed by atoms with Crippen molar-refractivity contribution in [3.63, 3.8) is 0 Å². The minimum Gasteiger partial charge on any atom is -0.228 e. The monoisotopic (exact) mass is 840 g/mol. The van der Waals surface area contributed by atoms with Crippen LogP contribution in [0.1, 0.15) is 47.2 Å². The van der Waals surface area contributed by atoms with Crippen molar-refractivity contribution < 1.29 is 0 Å². The van der Waals surface area contributed by atoms with E-state index in [0.717, 1.165) is 33.5 Å². The van der Waals surface area contributed by atoms with Gasteiger partial charge in [0.2, 0.25) is 0 Å². The first-order valence-corrected chi connectivity index (χ1v) is 23.0. The van der Waals surface area contributed by atoms with Crippen molar-refractivity contribution >= 4 is 21.5 Å². The summed E-state index contributed by atoms with van der Waals surface area (Å²) in [5.74, 6) is 0.702. The zero-order valence-electron chi connectivity index (χ0n) is 36.8. The van der Waals surface area contributed by atoms with Crippen LogP contribution in [0.3, 0.4) is 0 Å². The third kappa shape index (κ3) is 5.48. The molecule has 10 aromatic carbocycles. The van der Waals surface area contributed by atoms with E-state index in [0.29, 0.717) is 5.82 Å². The molecule has 2 heteroatoms. The zero-order chi connectivity index (χ0) is 44.0. The summed E-state index contributed by atoms with van der Waals surface area (Å²) in [6.07, 6.45) is 0. The molecule has 0 fully saturated rings. The highest BCUT2D eigenvalue weighted by atomic mass is 14.9. The number of aromatic nitrogens is 2. The molecule has 0 atom stereocenters. The van der Waals surface area contributed by atoms with Crippen LogP contribution in [-0.2, 0) is 10.8 Å².